The third-order valence-electron chi connectivity index (χ3n) is 7.27. The number of nitrogens with one attached hydrogen (secondary N) is 1. The van der Waals surface area contributed by atoms with Crippen LogP contribution in [-0.4, -0.2) is 68.5 Å². The van der Waals surface area contributed by atoms with Gasteiger partial charge in [0.1, 0.15) is 13.2 Å². The van der Waals surface area contributed by atoms with Crippen LogP contribution in [0.3, 0.4) is 0 Å². The zero-order valence-corrected chi connectivity index (χ0v) is 30.6. The van der Waals surface area contributed by atoms with Gasteiger partial charge in [0.2, 0.25) is 5.91 Å². The summed E-state index contributed by atoms with van der Waals surface area (Å²) in [5.74, 6) is -0.208. The molecule has 46 heavy (non-hydrogen) atoms. The largest absolute Gasteiger partial charge is 0.756 e. The molecule has 0 spiro atoms. The molecule has 0 aliphatic rings. The number of carbonyl (C=O) groups is 1. The van der Waals surface area contributed by atoms with Crippen molar-refractivity contribution >= 4 is 13.7 Å². The fourth-order valence-corrected chi connectivity index (χ4v) is 5.14. The fraction of sp³-hybridized carbons (Fsp3) is 0.703. The zero-order chi connectivity index (χ0) is 34.4. The molecule has 3 atom stereocenters. The lowest BCUT2D eigenvalue weighted by Gasteiger charge is -2.30. The number of phosphoric ester groups is 1. The number of allylic oxidation sites excluding steroid dienone is 10. The van der Waals surface area contributed by atoms with E-state index in [1.807, 2.05) is 21.1 Å². The summed E-state index contributed by atoms with van der Waals surface area (Å²) in [7, 11) is 1.26. The lowest BCUT2D eigenvalue weighted by molar-refractivity contribution is -0.870. The van der Waals surface area contributed by atoms with Gasteiger partial charge in [0.05, 0.1) is 39.9 Å². The third-order valence-corrected chi connectivity index (χ3v) is 8.23. The first kappa shape index (κ1) is 44.2. The molecule has 0 saturated carbocycles. The maximum Gasteiger partial charge on any atom is 0.268 e. The Morgan fingerprint density at radius 3 is 1.89 bits per heavy atom. The van der Waals surface area contributed by atoms with Crippen molar-refractivity contribution in [3.05, 3.63) is 60.8 Å². The van der Waals surface area contributed by atoms with Crippen molar-refractivity contribution in [2.24, 2.45) is 0 Å². The van der Waals surface area contributed by atoms with Crippen LogP contribution < -0.4 is 10.2 Å². The summed E-state index contributed by atoms with van der Waals surface area (Å²) >= 11 is 0. The first-order valence-corrected chi connectivity index (χ1v) is 19.1. The van der Waals surface area contributed by atoms with Crippen LogP contribution in [0.15, 0.2) is 60.8 Å². The number of hydrogen-bond acceptors (Lipinski definition) is 6. The number of aliphatic hydroxyl groups excluding tert-OH is 1. The standard InChI is InChI=1S/C37H67N2O6P/c1-6-8-10-12-13-14-15-16-17-18-19-20-21-22-23-24-25-27-29-31-37(41)38-35(36(40)30-28-26-11-9-7-2)34-45-46(42,43)44-33-32-39(3,4)5/h8,10,13-14,16-17,19-20,22-23,35-36,40H,6-7,9,11-12,15,18,21,24-34H2,1-5H3,(H-,38,41,42,43)/b10-8-,14-13-,17-16-,20-19-,23-22-. The molecule has 9 heteroatoms. The van der Waals surface area contributed by atoms with Crippen molar-refractivity contribution < 1.29 is 32.9 Å². The van der Waals surface area contributed by atoms with E-state index in [2.05, 4.69) is 79.9 Å². The second-order valence-corrected chi connectivity index (χ2v) is 14.3. The van der Waals surface area contributed by atoms with Crippen molar-refractivity contribution in [3.8, 4) is 0 Å². The number of quaternary nitrogens is 1. The molecule has 0 heterocycles. The van der Waals surface area contributed by atoms with Crippen LogP contribution in [0.2, 0.25) is 0 Å². The number of unbranched alkanes of at least 4 members (excludes halogenated alkanes) is 7. The molecule has 0 saturated heterocycles. The Bertz CT molecular complexity index is 939. The van der Waals surface area contributed by atoms with Gasteiger partial charge in [0.25, 0.3) is 7.82 Å². The van der Waals surface area contributed by atoms with E-state index in [1.54, 1.807) is 0 Å². The van der Waals surface area contributed by atoms with Crippen LogP contribution in [0.4, 0.5) is 0 Å². The summed E-state index contributed by atoms with van der Waals surface area (Å²) in [6.45, 7) is 4.44. The second kappa shape index (κ2) is 29.3. The predicted molar refractivity (Wildman–Crippen MR) is 191 cm³/mol. The van der Waals surface area contributed by atoms with Gasteiger partial charge in [-0.25, -0.2) is 0 Å². The lowest BCUT2D eigenvalue weighted by Crippen LogP contribution is -2.46. The molecule has 8 nitrogen and oxygen atoms in total. The van der Waals surface area contributed by atoms with E-state index in [4.69, 9.17) is 9.05 Å². The SMILES string of the molecule is CC/C=C\C/C=C\C/C=C\C/C=C\C/C=C\CCCCCC(=O)NC(COP(=O)([O-])OCC[N+](C)(C)C)C(O)CCCCCCC. The average Bonchev–Trinajstić information content (AvgIpc) is 2.99. The monoisotopic (exact) mass is 666 g/mol. The number of likely N-dealkylation sites (N-methyl/N-ethyl adjacent to an activating group) is 1. The Morgan fingerprint density at radius 2 is 1.33 bits per heavy atom. The summed E-state index contributed by atoms with van der Waals surface area (Å²) in [6, 6.07) is -0.816. The molecule has 0 aliphatic heterocycles. The average molecular weight is 667 g/mol. The van der Waals surface area contributed by atoms with Crippen LogP contribution in [0.25, 0.3) is 0 Å². The minimum absolute atomic E-state index is 0.000901. The zero-order valence-electron chi connectivity index (χ0n) is 29.7. The molecule has 0 bridgehead atoms. The molecule has 0 aliphatic carbocycles. The van der Waals surface area contributed by atoms with Gasteiger partial charge in [-0.2, -0.15) is 0 Å². The van der Waals surface area contributed by atoms with Crippen LogP contribution >= 0.6 is 7.82 Å². The molecule has 3 unspecified atom stereocenters. The summed E-state index contributed by atoms with van der Waals surface area (Å²) < 4.78 is 22.9. The van der Waals surface area contributed by atoms with Crippen molar-refractivity contribution in [2.45, 2.75) is 129 Å². The Morgan fingerprint density at radius 1 is 0.783 bits per heavy atom. The van der Waals surface area contributed by atoms with Crippen molar-refractivity contribution in [3.63, 3.8) is 0 Å². The molecule has 0 fully saturated rings. The number of carbonyl (C=O) groups excluding carboxylic acids is 1. The first-order valence-electron chi connectivity index (χ1n) is 17.6. The summed E-state index contributed by atoms with van der Waals surface area (Å²) in [6.07, 6.45) is 35.5. The number of phosphoric acid groups is 1. The molecular formula is C37H67N2O6P. The predicted octanol–water partition coefficient (Wildman–Crippen LogP) is 8.10. The summed E-state index contributed by atoms with van der Waals surface area (Å²) in [4.78, 5) is 25.0. The molecule has 0 rings (SSSR count). The highest BCUT2D eigenvalue weighted by Gasteiger charge is 2.24. The van der Waals surface area contributed by atoms with E-state index in [1.165, 1.54) is 0 Å². The molecule has 2 N–H and O–H groups in total. The fourth-order valence-electron chi connectivity index (χ4n) is 4.41. The maximum atomic E-state index is 12.7. The van der Waals surface area contributed by atoms with E-state index < -0.39 is 20.0 Å². The molecule has 0 aromatic carbocycles. The highest BCUT2D eigenvalue weighted by Crippen LogP contribution is 2.38. The summed E-state index contributed by atoms with van der Waals surface area (Å²) in [5, 5.41) is 13.6. The highest BCUT2D eigenvalue weighted by molar-refractivity contribution is 7.45. The Hall–Kier alpha value is -1.80. The van der Waals surface area contributed by atoms with Crippen LogP contribution in [-0.2, 0) is 18.4 Å². The minimum Gasteiger partial charge on any atom is -0.756 e. The number of aliphatic hydroxyl groups is 1. The van der Waals surface area contributed by atoms with E-state index in [-0.39, 0.29) is 19.1 Å². The number of hydrogen-bond donors (Lipinski definition) is 2. The van der Waals surface area contributed by atoms with Crippen LogP contribution in [0.5, 0.6) is 0 Å². The van der Waals surface area contributed by atoms with Gasteiger partial charge in [-0.3, -0.25) is 9.36 Å². The van der Waals surface area contributed by atoms with Gasteiger partial charge >= 0.3 is 0 Å². The van der Waals surface area contributed by atoms with E-state index >= 15 is 0 Å². The third kappa shape index (κ3) is 30.8. The Labute approximate surface area is 281 Å². The quantitative estimate of drug-likeness (QED) is 0.0347. The molecule has 0 aromatic heterocycles. The van der Waals surface area contributed by atoms with Crippen LogP contribution in [0, 0.1) is 0 Å². The van der Waals surface area contributed by atoms with Gasteiger partial charge in [0, 0.05) is 6.42 Å². The van der Waals surface area contributed by atoms with Crippen molar-refractivity contribution in [1.29, 1.82) is 0 Å². The molecule has 266 valence electrons. The lowest BCUT2D eigenvalue weighted by atomic mass is 10.0. The number of nitrogens with zero attached hydrogens (tertiary/aromatic N) is 1. The Kier molecular flexibility index (Phi) is 28.2. The highest BCUT2D eigenvalue weighted by atomic mass is 31.2. The molecule has 0 radical (unpaired) electrons. The topological polar surface area (TPSA) is 108 Å². The van der Waals surface area contributed by atoms with E-state index in [9.17, 15) is 19.4 Å². The normalized spacial score (nSPS) is 15.5. The van der Waals surface area contributed by atoms with Gasteiger partial charge in [-0.1, -0.05) is 113 Å². The number of rotatable bonds is 30. The molecule has 0 aromatic rings. The Balaban J connectivity index is 4.38. The maximum absolute atomic E-state index is 12.7. The number of amides is 1. The van der Waals surface area contributed by atoms with Crippen LogP contribution in [0.1, 0.15) is 117 Å². The second-order valence-electron chi connectivity index (χ2n) is 12.8. The minimum atomic E-state index is -4.55. The first-order chi connectivity index (χ1) is 22.0. The van der Waals surface area contributed by atoms with E-state index in [0.29, 0.717) is 23.9 Å². The molecule has 1 amide bonds. The van der Waals surface area contributed by atoms with Gasteiger partial charge in [0.15, 0.2) is 0 Å². The molecular weight excluding hydrogens is 599 g/mol. The van der Waals surface area contributed by atoms with E-state index in [0.717, 1.165) is 89.9 Å². The van der Waals surface area contributed by atoms with Gasteiger partial charge in [-0.15, -0.1) is 0 Å². The van der Waals surface area contributed by atoms with Crippen molar-refractivity contribution in [1.82, 2.24) is 5.32 Å². The van der Waals surface area contributed by atoms with Gasteiger partial charge < -0.3 is 28.8 Å². The van der Waals surface area contributed by atoms with Gasteiger partial charge in [-0.05, 0) is 57.8 Å². The van der Waals surface area contributed by atoms with Crippen molar-refractivity contribution in [2.75, 3.05) is 40.9 Å². The smallest absolute Gasteiger partial charge is 0.268 e. The summed E-state index contributed by atoms with van der Waals surface area (Å²) in [5.41, 5.74) is 0.